The number of benzene rings is 1. The maximum atomic E-state index is 6.01. The van der Waals surface area contributed by atoms with Crippen LogP contribution in [-0.4, -0.2) is 18.3 Å². The van der Waals surface area contributed by atoms with Crippen molar-refractivity contribution in [3.63, 3.8) is 0 Å². The molecule has 0 aliphatic carbocycles. The van der Waals surface area contributed by atoms with Crippen LogP contribution >= 0.6 is 34.7 Å². The van der Waals surface area contributed by atoms with Crippen LogP contribution in [0.5, 0.6) is 0 Å². The third-order valence-electron chi connectivity index (χ3n) is 2.77. The Labute approximate surface area is 128 Å². The first-order valence-corrected chi connectivity index (χ1v) is 8.66. The minimum Gasteiger partial charge on any atom is -0.313 e. The summed E-state index contributed by atoms with van der Waals surface area (Å²) < 4.78 is 0. The first kappa shape index (κ1) is 14.9. The molecule has 0 spiro atoms. The van der Waals surface area contributed by atoms with Gasteiger partial charge in [-0.1, -0.05) is 30.7 Å². The number of thioether (sulfide) groups is 1. The summed E-state index contributed by atoms with van der Waals surface area (Å²) in [5, 5.41) is 6.51. The zero-order valence-electron chi connectivity index (χ0n) is 10.9. The average Bonchev–Trinajstić information content (AvgIpc) is 2.89. The standard InChI is InChI=1S/C15H18ClNS2/c1-2-17-13(10-15-7-4-8-18-15)11-19-14-6-3-5-12(16)9-14/h3-9,13,17H,2,10-11H2,1H3. The molecule has 1 nitrogen and oxygen atoms in total. The molecule has 1 N–H and O–H groups in total. The minimum absolute atomic E-state index is 0.507. The molecule has 1 aromatic heterocycles. The van der Waals surface area contributed by atoms with Crippen LogP contribution in [0.2, 0.25) is 5.02 Å². The largest absolute Gasteiger partial charge is 0.313 e. The van der Waals surface area contributed by atoms with Crippen molar-refractivity contribution < 1.29 is 0 Å². The second kappa shape index (κ2) is 7.95. The lowest BCUT2D eigenvalue weighted by molar-refractivity contribution is 0.576. The predicted molar refractivity (Wildman–Crippen MR) is 87.7 cm³/mol. The smallest absolute Gasteiger partial charge is 0.0417 e. The van der Waals surface area contributed by atoms with Gasteiger partial charge in [0.25, 0.3) is 0 Å². The van der Waals surface area contributed by atoms with E-state index in [2.05, 4.69) is 35.8 Å². The van der Waals surface area contributed by atoms with Gasteiger partial charge in [0, 0.05) is 26.6 Å². The van der Waals surface area contributed by atoms with Crippen molar-refractivity contribution in [3.05, 3.63) is 51.7 Å². The fourth-order valence-corrected chi connectivity index (χ4v) is 3.96. The molecule has 0 amide bonds. The lowest BCUT2D eigenvalue weighted by Gasteiger charge is -2.16. The van der Waals surface area contributed by atoms with Gasteiger partial charge in [0.1, 0.15) is 0 Å². The summed E-state index contributed by atoms with van der Waals surface area (Å²) in [6, 6.07) is 12.9. The topological polar surface area (TPSA) is 12.0 Å². The summed E-state index contributed by atoms with van der Waals surface area (Å²) in [7, 11) is 0. The number of likely N-dealkylation sites (N-methyl/N-ethyl adjacent to an activating group) is 1. The van der Waals surface area contributed by atoms with Crippen LogP contribution < -0.4 is 5.32 Å². The van der Waals surface area contributed by atoms with E-state index in [0.29, 0.717) is 6.04 Å². The molecule has 2 aromatic rings. The van der Waals surface area contributed by atoms with Crippen LogP contribution in [0.4, 0.5) is 0 Å². The van der Waals surface area contributed by atoms with Crippen molar-refractivity contribution in [1.29, 1.82) is 0 Å². The number of rotatable bonds is 7. The molecule has 1 aromatic carbocycles. The van der Waals surface area contributed by atoms with E-state index in [4.69, 9.17) is 11.6 Å². The van der Waals surface area contributed by atoms with Crippen LogP contribution in [0.25, 0.3) is 0 Å². The minimum atomic E-state index is 0.507. The van der Waals surface area contributed by atoms with Crippen molar-refractivity contribution in [1.82, 2.24) is 5.32 Å². The molecule has 1 atom stereocenters. The molecule has 0 fully saturated rings. The average molecular weight is 312 g/mol. The van der Waals surface area contributed by atoms with Gasteiger partial charge in [-0.05, 0) is 42.6 Å². The molecule has 0 radical (unpaired) electrons. The molecular formula is C15H18ClNS2. The molecule has 19 heavy (non-hydrogen) atoms. The molecule has 0 aliphatic heterocycles. The highest BCUT2D eigenvalue weighted by Crippen LogP contribution is 2.23. The predicted octanol–water partition coefficient (Wildman–Crippen LogP) is 4.71. The van der Waals surface area contributed by atoms with Crippen LogP contribution in [0, 0.1) is 0 Å². The van der Waals surface area contributed by atoms with E-state index in [1.165, 1.54) is 9.77 Å². The van der Waals surface area contributed by atoms with Crippen molar-refractivity contribution >= 4 is 34.7 Å². The lowest BCUT2D eigenvalue weighted by Crippen LogP contribution is -2.32. The number of halogens is 1. The maximum Gasteiger partial charge on any atom is 0.0417 e. The first-order valence-electron chi connectivity index (χ1n) is 6.42. The molecule has 102 valence electrons. The van der Waals surface area contributed by atoms with Gasteiger partial charge < -0.3 is 5.32 Å². The Kier molecular flexibility index (Phi) is 6.24. The van der Waals surface area contributed by atoms with Crippen LogP contribution in [0.1, 0.15) is 11.8 Å². The molecule has 2 rings (SSSR count). The van der Waals surface area contributed by atoms with E-state index >= 15 is 0 Å². The number of hydrogen-bond donors (Lipinski definition) is 1. The Balaban J connectivity index is 1.89. The van der Waals surface area contributed by atoms with E-state index in [9.17, 15) is 0 Å². The molecule has 1 unspecified atom stereocenters. The van der Waals surface area contributed by atoms with Gasteiger partial charge in [-0.2, -0.15) is 0 Å². The third-order valence-corrected chi connectivity index (χ3v) is 5.06. The molecule has 0 aliphatic rings. The zero-order chi connectivity index (χ0) is 13.5. The van der Waals surface area contributed by atoms with Gasteiger partial charge in [-0.25, -0.2) is 0 Å². The van der Waals surface area contributed by atoms with Crippen molar-refractivity contribution in [2.75, 3.05) is 12.3 Å². The highest BCUT2D eigenvalue weighted by atomic mass is 35.5. The monoisotopic (exact) mass is 311 g/mol. The maximum absolute atomic E-state index is 6.01. The van der Waals surface area contributed by atoms with E-state index in [0.717, 1.165) is 23.7 Å². The summed E-state index contributed by atoms with van der Waals surface area (Å²) in [5.74, 6) is 1.06. The highest BCUT2D eigenvalue weighted by Gasteiger charge is 2.10. The molecule has 0 saturated carbocycles. The van der Waals surface area contributed by atoms with E-state index in [1.54, 1.807) is 0 Å². The summed E-state index contributed by atoms with van der Waals surface area (Å²) in [4.78, 5) is 2.68. The van der Waals surface area contributed by atoms with Crippen molar-refractivity contribution in [2.45, 2.75) is 24.3 Å². The van der Waals surface area contributed by atoms with Gasteiger partial charge in [0.15, 0.2) is 0 Å². The van der Waals surface area contributed by atoms with Gasteiger partial charge >= 0.3 is 0 Å². The number of thiophene rings is 1. The summed E-state index contributed by atoms with van der Waals surface area (Å²) in [6.45, 7) is 3.16. The summed E-state index contributed by atoms with van der Waals surface area (Å²) in [5.41, 5.74) is 0. The Morgan fingerprint density at radius 3 is 2.89 bits per heavy atom. The zero-order valence-corrected chi connectivity index (χ0v) is 13.3. The lowest BCUT2D eigenvalue weighted by atomic mass is 10.2. The summed E-state index contributed by atoms with van der Waals surface area (Å²) in [6.07, 6.45) is 1.10. The second-order valence-corrected chi connectivity index (χ2v) is 6.87. The fourth-order valence-electron chi connectivity index (χ4n) is 1.90. The van der Waals surface area contributed by atoms with Crippen molar-refractivity contribution in [3.8, 4) is 0 Å². The number of hydrogen-bond acceptors (Lipinski definition) is 3. The molecule has 4 heteroatoms. The van der Waals surface area contributed by atoms with E-state index in [1.807, 2.05) is 41.3 Å². The molecular weight excluding hydrogens is 294 g/mol. The SMILES string of the molecule is CCNC(CSc1cccc(Cl)c1)Cc1cccs1. The van der Waals surface area contributed by atoms with Crippen LogP contribution in [0.15, 0.2) is 46.7 Å². The molecule has 0 saturated heterocycles. The third kappa shape index (κ3) is 5.19. The quantitative estimate of drug-likeness (QED) is 0.743. The van der Waals surface area contributed by atoms with Gasteiger partial charge in [-0.15, -0.1) is 23.1 Å². The van der Waals surface area contributed by atoms with E-state index < -0.39 is 0 Å². The normalized spacial score (nSPS) is 12.5. The van der Waals surface area contributed by atoms with E-state index in [-0.39, 0.29) is 0 Å². The van der Waals surface area contributed by atoms with Gasteiger partial charge in [0.2, 0.25) is 0 Å². The van der Waals surface area contributed by atoms with Crippen molar-refractivity contribution in [2.24, 2.45) is 0 Å². The summed E-state index contributed by atoms with van der Waals surface area (Å²) >= 11 is 9.70. The van der Waals surface area contributed by atoms with Crippen LogP contribution in [-0.2, 0) is 6.42 Å². The Morgan fingerprint density at radius 1 is 1.32 bits per heavy atom. The Bertz CT molecular complexity index is 485. The second-order valence-electron chi connectivity index (χ2n) is 4.31. The Hall–Kier alpha value is -0.480. The first-order chi connectivity index (χ1) is 9.28. The van der Waals surface area contributed by atoms with Gasteiger partial charge in [0.05, 0.1) is 0 Å². The molecule has 1 heterocycles. The highest BCUT2D eigenvalue weighted by molar-refractivity contribution is 7.99. The fraction of sp³-hybridized carbons (Fsp3) is 0.333. The van der Waals surface area contributed by atoms with Crippen LogP contribution in [0.3, 0.4) is 0 Å². The molecule has 0 bridgehead atoms. The Morgan fingerprint density at radius 2 is 2.21 bits per heavy atom. The number of nitrogens with one attached hydrogen (secondary N) is 1. The van der Waals surface area contributed by atoms with Gasteiger partial charge in [-0.3, -0.25) is 0 Å².